The van der Waals surface area contributed by atoms with Gasteiger partial charge < -0.3 is 4.74 Å². The molecule has 0 spiro atoms. The lowest BCUT2D eigenvalue weighted by molar-refractivity contribution is -0.137. The fourth-order valence-corrected chi connectivity index (χ4v) is 3.95. The molecule has 0 aliphatic rings. The standard InChI is InChI=1S/C26H17F3N2O2/c1-33-21-9-5-16(6-10-21)17-7-11-23-22(13-17)25-18(15-30-23)8-12-24(32)31(25)20-4-2-3-19(14-20)26(27,28)29/h2-15H,1H3. The smallest absolute Gasteiger partial charge is 0.416 e. The Labute approximate surface area is 186 Å². The molecule has 5 aromatic rings. The van der Waals surface area contributed by atoms with Crippen molar-refractivity contribution in [3.63, 3.8) is 0 Å². The van der Waals surface area contributed by atoms with E-state index in [1.165, 1.54) is 22.8 Å². The number of alkyl halides is 3. The zero-order chi connectivity index (χ0) is 23.2. The van der Waals surface area contributed by atoms with Gasteiger partial charge in [-0.1, -0.05) is 24.3 Å². The normalized spacial score (nSPS) is 11.8. The molecule has 0 radical (unpaired) electrons. The van der Waals surface area contributed by atoms with Crippen molar-refractivity contribution in [2.45, 2.75) is 6.18 Å². The van der Waals surface area contributed by atoms with Crippen LogP contribution >= 0.6 is 0 Å². The van der Waals surface area contributed by atoms with Gasteiger partial charge in [-0.2, -0.15) is 13.2 Å². The Balaban J connectivity index is 1.80. The SMILES string of the molecule is COc1ccc(-c2ccc3ncc4ccc(=O)n(-c5cccc(C(F)(F)F)c5)c4c3c2)cc1. The van der Waals surface area contributed by atoms with E-state index in [9.17, 15) is 18.0 Å². The van der Waals surface area contributed by atoms with Crippen molar-refractivity contribution < 1.29 is 17.9 Å². The first-order valence-corrected chi connectivity index (χ1v) is 10.1. The van der Waals surface area contributed by atoms with Crippen LogP contribution in [0.3, 0.4) is 0 Å². The molecular formula is C26H17F3N2O2. The van der Waals surface area contributed by atoms with Crippen molar-refractivity contribution >= 4 is 21.8 Å². The Kier molecular flexibility index (Phi) is 4.89. The number of hydrogen-bond donors (Lipinski definition) is 0. The highest BCUT2D eigenvalue weighted by Crippen LogP contribution is 2.33. The topological polar surface area (TPSA) is 44.1 Å². The second-order valence-electron chi connectivity index (χ2n) is 7.58. The Hall–Kier alpha value is -4.13. The number of rotatable bonds is 3. The van der Waals surface area contributed by atoms with Crippen LogP contribution in [0.2, 0.25) is 0 Å². The lowest BCUT2D eigenvalue weighted by Crippen LogP contribution is -2.18. The summed E-state index contributed by atoms with van der Waals surface area (Å²) in [4.78, 5) is 17.4. The third kappa shape index (κ3) is 3.71. The first kappa shape index (κ1) is 20.8. The zero-order valence-corrected chi connectivity index (χ0v) is 17.4. The van der Waals surface area contributed by atoms with E-state index < -0.39 is 17.3 Å². The van der Waals surface area contributed by atoms with Crippen LogP contribution < -0.4 is 10.3 Å². The van der Waals surface area contributed by atoms with Gasteiger partial charge in [-0.3, -0.25) is 14.3 Å². The van der Waals surface area contributed by atoms with Crippen LogP contribution in [0, 0.1) is 0 Å². The van der Waals surface area contributed by atoms with E-state index in [0.717, 1.165) is 29.0 Å². The van der Waals surface area contributed by atoms with Gasteiger partial charge in [0.05, 0.1) is 23.7 Å². The third-order valence-corrected chi connectivity index (χ3v) is 5.57. The minimum absolute atomic E-state index is 0.141. The number of methoxy groups -OCH3 is 1. The van der Waals surface area contributed by atoms with Crippen LogP contribution in [0.5, 0.6) is 5.75 Å². The molecule has 3 aromatic carbocycles. The van der Waals surface area contributed by atoms with Crippen LogP contribution in [0.1, 0.15) is 5.56 Å². The van der Waals surface area contributed by atoms with Crippen molar-refractivity contribution in [1.29, 1.82) is 0 Å². The minimum Gasteiger partial charge on any atom is -0.497 e. The van der Waals surface area contributed by atoms with Crippen LogP contribution in [0.15, 0.2) is 89.9 Å². The molecule has 5 rings (SSSR count). The molecule has 2 heterocycles. The lowest BCUT2D eigenvalue weighted by atomic mass is 10.0. The van der Waals surface area contributed by atoms with Crippen LogP contribution in [0.4, 0.5) is 13.2 Å². The highest BCUT2D eigenvalue weighted by atomic mass is 19.4. The second-order valence-corrected chi connectivity index (χ2v) is 7.58. The summed E-state index contributed by atoms with van der Waals surface area (Å²) in [5.74, 6) is 0.727. The van der Waals surface area contributed by atoms with E-state index in [-0.39, 0.29) is 5.69 Å². The average molecular weight is 446 g/mol. The fraction of sp³-hybridized carbons (Fsp3) is 0.0769. The molecule has 0 amide bonds. The van der Waals surface area contributed by atoms with Gasteiger partial charge in [0.25, 0.3) is 5.56 Å². The van der Waals surface area contributed by atoms with Gasteiger partial charge in [-0.25, -0.2) is 0 Å². The van der Waals surface area contributed by atoms with E-state index in [0.29, 0.717) is 21.8 Å². The van der Waals surface area contributed by atoms with Crippen molar-refractivity contribution in [3.8, 4) is 22.6 Å². The van der Waals surface area contributed by atoms with Crippen molar-refractivity contribution in [1.82, 2.24) is 9.55 Å². The van der Waals surface area contributed by atoms with E-state index in [2.05, 4.69) is 4.98 Å². The Morgan fingerprint density at radius 3 is 2.36 bits per heavy atom. The molecule has 2 aromatic heterocycles. The molecule has 0 bridgehead atoms. The maximum absolute atomic E-state index is 13.3. The molecule has 0 atom stereocenters. The summed E-state index contributed by atoms with van der Waals surface area (Å²) in [6.07, 6.45) is -2.90. The number of halogens is 3. The molecule has 0 N–H and O–H groups in total. The molecule has 0 saturated heterocycles. The van der Waals surface area contributed by atoms with E-state index in [4.69, 9.17) is 4.74 Å². The molecule has 164 valence electrons. The number of nitrogens with zero attached hydrogens (tertiary/aromatic N) is 2. The largest absolute Gasteiger partial charge is 0.497 e. The van der Waals surface area contributed by atoms with Crippen LogP contribution in [-0.4, -0.2) is 16.7 Å². The van der Waals surface area contributed by atoms with Crippen LogP contribution in [0.25, 0.3) is 38.6 Å². The maximum Gasteiger partial charge on any atom is 0.416 e. The van der Waals surface area contributed by atoms with Crippen LogP contribution in [-0.2, 0) is 6.18 Å². The third-order valence-electron chi connectivity index (χ3n) is 5.57. The zero-order valence-electron chi connectivity index (χ0n) is 17.4. The highest BCUT2D eigenvalue weighted by molar-refractivity contribution is 6.05. The van der Waals surface area contributed by atoms with E-state index in [1.54, 1.807) is 19.4 Å². The minimum atomic E-state index is -4.52. The Morgan fingerprint density at radius 1 is 0.879 bits per heavy atom. The predicted octanol–water partition coefficient (Wildman–Crippen LogP) is 6.23. The molecule has 7 heteroatoms. The average Bonchev–Trinajstić information content (AvgIpc) is 2.83. The summed E-state index contributed by atoms with van der Waals surface area (Å²) in [5, 5.41) is 1.31. The summed E-state index contributed by atoms with van der Waals surface area (Å²) in [6, 6.07) is 20.9. The highest BCUT2D eigenvalue weighted by Gasteiger charge is 2.30. The first-order chi connectivity index (χ1) is 15.8. The number of hydrogen-bond acceptors (Lipinski definition) is 3. The maximum atomic E-state index is 13.3. The van der Waals surface area contributed by atoms with Gasteiger partial charge in [0, 0.05) is 28.7 Å². The van der Waals surface area contributed by atoms with Gasteiger partial charge >= 0.3 is 6.18 Å². The summed E-state index contributed by atoms with van der Waals surface area (Å²) >= 11 is 0. The number of fused-ring (bicyclic) bond motifs is 3. The molecule has 0 aliphatic carbocycles. The Bertz CT molecular complexity index is 1560. The van der Waals surface area contributed by atoms with E-state index in [1.807, 2.05) is 42.5 Å². The summed E-state index contributed by atoms with van der Waals surface area (Å²) < 4.78 is 46.5. The van der Waals surface area contributed by atoms with E-state index >= 15 is 0 Å². The van der Waals surface area contributed by atoms with Crippen molar-refractivity contribution in [3.05, 3.63) is 101 Å². The molecule has 0 unspecified atom stereocenters. The number of benzene rings is 3. The van der Waals surface area contributed by atoms with Gasteiger partial charge in [0.2, 0.25) is 0 Å². The number of aromatic nitrogens is 2. The predicted molar refractivity (Wildman–Crippen MR) is 122 cm³/mol. The first-order valence-electron chi connectivity index (χ1n) is 10.1. The van der Waals surface area contributed by atoms with Gasteiger partial charge in [0.15, 0.2) is 0 Å². The lowest BCUT2D eigenvalue weighted by Gasteiger charge is -2.15. The summed E-state index contributed by atoms with van der Waals surface area (Å²) in [5.41, 5.74) is 1.84. The quantitative estimate of drug-likeness (QED) is 0.309. The Morgan fingerprint density at radius 2 is 1.64 bits per heavy atom. The van der Waals surface area contributed by atoms with Crippen molar-refractivity contribution in [2.24, 2.45) is 0 Å². The monoisotopic (exact) mass is 446 g/mol. The van der Waals surface area contributed by atoms with Gasteiger partial charge in [0.1, 0.15) is 5.75 Å². The van der Waals surface area contributed by atoms with Gasteiger partial charge in [-0.05, 0) is 59.7 Å². The van der Waals surface area contributed by atoms with Gasteiger partial charge in [-0.15, -0.1) is 0 Å². The molecule has 0 saturated carbocycles. The molecule has 4 nitrogen and oxygen atoms in total. The number of ether oxygens (including phenoxy) is 1. The molecular weight excluding hydrogens is 429 g/mol. The molecule has 33 heavy (non-hydrogen) atoms. The summed E-state index contributed by atoms with van der Waals surface area (Å²) in [6.45, 7) is 0. The number of pyridine rings is 2. The summed E-state index contributed by atoms with van der Waals surface area (Å²) in [7, 11) is 1.59. The molecule has 0 fully saturated rings. The fourth-order valence-electron chi connectivity index (χ4n) is 3.95. The second kappa shape index (κ2) is 7.78. The van der Waals surface area contributed by atoms with Crippen molar-refractivity contribution in [2.75, 3.05) is 7.11 Å². The molecule has 0 aliphatic heterocycles.